The van der Waals surface area contributed by atoms with Crippen molar-refractivity contribution in [3.63, 3.8) is 0 Å². The summed E-state index contributed by atoms with van der Waals surface area (Å²) >= 11 is 5.70. The van der Waals surface area contributed by atoms with Crippen LogP contribution >= 0.6 is 11.6 Å². The van der Waals surface area contributed by atoms with Gasteiger partial charge in [0.1, 0.15) is 5.15 Å². The van der Waals surface area contributed by atoms with E-state index >= 15 is 0 Å². The maximum absolute atomic E-state index is 10.8. The first-order valence-corrected chi connectivity index (χ1v) is 6.07. The summed E-state index contributed by atoms with van der Waals surface area (Å²) in [6.07, 6.45) is 1.09. The molecule has 0 atom stereocenters. The monoisotopic (exact) mass is 273 g/mol. The number of aliphatic hydroxyl groups is 1. The summed E-state index contributed by atoms with van der Waals surface area (Å²) in [6, 6.07) is 2.64. The molecule has 0 saturated carbocycles. The van der Waals surface area contributed by atoms with Gasteiger partial charge in [0, 0.05) is 12.6 Å². The lowest BCUT2D eigenvalue weighted by Crippen LogP contribution is -2.35. The molecule has 0 bridgehead atoms. The highest BCUT2D eigenvalue weighted by Crippen LogP contribution is 2.25. The number of rotatable bonds is 6. The van der Waals surface area contributed by atoms with Crippen molar-refractivity contribution >= 4 is 23.1 Å². The molecule has 0 saturated heterocycles. The van der Waals surface area contributed by atoms with Crippen molar-refractivity contribution < 1.29 is 10.0 Å². The van der Waals surface area contributed by atoms with E-state index < -0.39 is 10.5 Å². The number of nitro groups is 1. The molecule has 100 valence electrons. The van der Waals surface area contributed by atoms with Crippen LogP contribution in [0.15, 0.2) is 12.1 Å². The second-order valence-corrected chi connectivity index (χ2v) is 4.43. The quantitative estimate of drug-likeness (QED) is 0.472. The molecule has 0 aliphatic carbocycles. The third kappa shape index (κ3) is 3.54. The predicted molar refractivity (Wildman–Crippen MR) is 69.9 cm³/mol. The molecule has 0 aromatic carbocycles. The molecule has 0 aliphatic rings. The van der Waals surface area contributed by atoms with Gasteiger partial charge in [-0.3, -0.25) is 10.1 Å². The molecule has 7 heteroatoms. The van der Waals surface area contributed by atoms with E-state index in [0.29, 0.717) is 12.8 Å². The Morgan fingerprint density at radius 2 is 2.11 bits per heavy atom. The van der Waals surface area contributed by atoms with Crippen molar-refractivity contribution in [3.05, 3.63) is 27.4 Å². The first-order valence-electron chi connectivity index (χ1n) is 5.69. The van der Waals surface area contributed by atoms with E-state index in [-0.39, 0.29) is 23.2 Å². The minimum atomic E-state index is -0.905. The molecule has 0 fully saturated rings. The Kier molecular flexibility index (Phi) is 4.86. The van der Waals surface area contributed by atoms with Crippen LogP contribution in [0.1, 0.15) is 26.7 Å². The summed E-state index contributed by atoms with van der Waals surface area (Å²) < 4.78 is 0. The van der Waals surface area contributed by atoms with E-state index in [4.69, 9.17) is 11.6 Å². The zero-order valence-corrected chi connectivity index (χ0v) is 11.1. The van der Waals surface area contributed by atoms with Crippen molar-refractivity contribution in [2.75, 3.05) is 11.9 Å². The molecule has 18 heavy (non-hydrogen) atoms. The van der Waals surface area contributed by atoms with Crippen molar-refractivity contribution in [2.24, 2.45) is 0 Å². The lowest BCUT2D eigenvalue weighted by molar-refractivity contribution is -0.384. The molecule has 1 rings (SSSR count). The largest absolute Gasteiger partial charge is 0.388 e. The van der Waals surface area contributed by atoms with Gasteiger partial charge in [0.05, 0.1) is 10.5 Å². The van der Waals surface area contributed by atoms with Crippen LogP contribution in [-0.4, -0.2) is 27.2 Å². The summed E-state index contributed by atoms with van der Waals surface area (Å²) in [5.41, 5.74) is -1.06. The first kappa shape index (κ1) is 14.7. The third-order valence-corrected chi connectivity index (χ3v) is 3.15. The van der Waals surface area contributed by atoms with Crippen molar-refractivity contribution in [1.29, 1.82) is 0 Å². The average Bonchev–Trinajstić information content (AvgIpc) is 2.35. The molecule has 6 nitrogen and oxygen atoms in total. The number of halogens is 1. The van der Waals surface area contributed by atoms with Crippen LogP contribution < -0.4 is 5.32 Å². The Bertz CT molecular complexity index is 436. The molecule has 0 spiro atoms. The first-order chi connectivity index (χ1) is 8.41. The summed E-state index contributed by atoms with van der Waals surface area (Å²) in [6.45, 7) is 3.89. The van der Waals surface area contributed by atoms with Gasteiger partial charge in [-0.05, 0) is 18.9 Å². The minimum Gasteiger partial charge on any atom is -0.388 e. The fourth-order valence-corrected chi connectivity index (χ4v) is 1.60. The van der Waals surface area contributed by atoms with E-state index in [0.717, 1.165) is 0 Å². The van der Waals surface area contributed by atoms with Gasteiger partial charge in [-0.25, -0.2) is 4.98 Å². The number of hydrogen-bond donors (Lipinski definition) is 2. The zero-order chi connectivity index (χ0) is 13.8. The fraction of sp³-hybridized carbons (Fsp3) is 0.545. The van der Waals surface area contributed by atoms with Crippen LogP contribution in [0.25, 0.3) is 0 Å². The minimum absolute atomic E-state index is 0.0767. The predicted octanol–water partition coefficient (Wildman–Crippen LogP) is 2.61. The van der Waals surface area contributed by atoms with Gasteiger partial charge in [0.2, 0.25) is 5.82 Å². The summed E-state index contributed by atoms with van der Waals surface area (Å²) in [5, 5.41) is 23.9. The van der Waals surface area contributed by atoms with Gasteiger partial charge in [-0.2, -0.15) is 0 Å². The van der Waals surface area contributed by atoms with E-state index in [1.54, 1.807) is 0 Å². The van der Waals surface area contributed by atoms with E-state index in [1.807, 2.05) is 13.8 Å². The van der Waals surface area contributed by atoms with E-state index in [1.165, 1.54) is 12.1 Å². The SMILES string of the molecule is CCC(O)(CC)CNc1nc(Cl)ccc1[N+](=O)[O-]. The molecule has 1 heterocycles. The lowest BCUT2D eigenvalue weighted by Gasteiger charge is -2.25. The van der Waals surface area contributed by atoms with Crippen molar-refractivity contribution in [1.82, 2.24) is 4.98 Å². The summed E-state index contributed by atoms with van der Waals surface area (Å²) in [7, 11) is 0. The molecule has 1 aromatic rings. The van der Waals surface area contributed by atoms with Gasteiger partial charge in [0.25, 0.3) is 0 Å². The Labute approximate surface area is 110 Å². The Hall–Kier alpha value is -1.40. The van der Waals surface area contributed by atoms with E-state index in [2.05, 4.69) is 10.3 Å². The second-order valence-electron chi connectivity index (χ2n) is 4.04. The number of nitrogens with zero attached hydrogens (tertiary/aromatic N) is 2. The standard InChI is InChI=1S/C11H16ClN3O3/c1-3-11(16,4-2)7-13-10-8(15(17)18)5-6-9(12)14-10/h5-6,16H,3-4,7H2,1-2H3,(H,13,14). The maximum atomic E-state index is 10.8. The molecule has 0 unspecified atom stereocenters. The summed E-state index contributed by atoms with van der Waals surface area (Å²) in [5.74, 6) is 0.0767. The Morgan fingerprint density at radius 1 is 1.50 bits per heavy atom. The number of hydrogen-bond acceptors (Lipinski definition) is 5. The van der Waals surface area contributed by atoms with Gasteiger partial charge < -0.3 is 10.4 Å². The normalized spacial score (nSPS) is 11.3. The second kappa shape index (κ2) is 5.97. The molecule has 0 aliphatic heterocycles. The highest BCUT2D eigenvalue weighted by Gasteiger charge is 2.24. The van der Waals surface area contributed by atoms with Crippen LogP contribution in [0.5, 0.6) is 0 Å². The van der Waals surface area contributed by atoms with Crippen molar-refractivity contribution in [2.45, 2.75) is 32.3 Å². The summed E-state index contributed by atoms with van der Waals surface area (Å²) in [4.78, 5) is 14.1. The van der Waals surface area contributed by atoms with Crippen LogP contribution in [0.2, 0.25) is 5.15 Å². The van der Waals surface area contributed by atoms with Gasteiger partial charge >= 0.3 is 5.69 Å². The highest BCUT2D eigenvalue weighted by molar-refractivity contribution is 6.29. The molecular weight excluding hydrogens is 258 g/mol. The smallest absolute Gasteiger partial charge is 0.311 e. The number of anilines is 1. The topological polar surface area (TPSA) is 88.3 Å². The fourth-order valence-electron chi connectivity index (χ4n) is 1.45. The lowest BCUT2D eigenvalue weighted by atomic mass is 9.98. The molecular formula is C11H16ClN3O3. The highest BCUT2D eigenvalue weighted by atomic mass is 35.5. The number of aromatic nitrogens is 1. The molecule has 0 amide bonds. The number of pyridine rings is 1. The zero-order valence-electron chi connectivity index (χ0n) is 10.3. The molecule has 2 N–H and O–H groups in total. The molecule has 0 radical (unpaired) electrons. The van der Waals surface area contributed by atoms with E-state index in [9.17, 15) is 15.2 Å². The van der Waals surface area contributed by atoms with Crippen LogP contribution in [0.4, 0.5) is 11.5 Å². The van der Waals surface area contributed by atoms with Crippen LogP contribution in [0, 0.1) is 10.1 Å². The van der Waals surface area contributed by atoms with Gasteiger partial charge in [-0.1, -0.05) is 25.4 Å². The average molecular weight is 274 g/mol. The van der Waals surface area contributed by atoms with Gasteiger partial charge in [-0.15, -0.1) is 0 Å². The van der Waals surface area contributed by atoms with Crippen molar-refractivity contribution in [3.8, 4) is 0 Å². The third-order valence-electron chi connectivity index (χ3n) is 2.94. The van der Waals surface area contributed by atoms with Gasteiger partial charge in [0.15, 0.2) is 0 Å². The Balaban J connectivity index is 2.90. The van der Waals surface area contributed by atoms with Crippen LogP contribution in [-0.2, 0) is 0 Å². The van der Waals surface area contributed by atoms with Crippen LogP contribution in [0.3, 0.4) is 0 Å². The molecule has 1 aromatic heterocycles. The maximum Gasteiger partial charge on any atom is 0.311 e. The number of nitrogens with one attached hydrogen (secondary N) is 1. The Morgan fingerprint density at radius 3 is 2.61 bits per heavy atom.